The fourth-order valence-corrected chi connectivity index (χ4v) is 3.80. The molecule has 23 heavy (non-hydrogen) atoms. The van der Waals surface area contributed by atoms with Gasteiger partial charge in [0.05, 0.1) is 15.7 Å². The van der Waals surface area contributed by atoms with Crippen LogP contribution in [0.3, 0.4) is 0 Å². The van der Waals surface area contributed by atoms with Gasteiger partial charge in [-0.15, -0.1) is 0 Å². The molecule has 1 aromatic carbocycles. The van der Waals surface area contributed by atoms with Gasteiger partial charge < -0.3 is 10.6 Å². The number of rotatable bonds is 5. The molecule has 3 rings (SSSR count). The minimum absolute atomic E-state index is 0.545. The highest BCUT2D eigenvalue weighted by atomic mass is 35.5. The minimum atomic E-state index is 0.545. The maximum absolute atomic E-state index is 6.28. The lowest BCUT2D eigenvalue weighted by Crippen LogP contribution is -2.18. The summed E-state index contributed by atoms with van der Waals surface area (Å²) in [4.78, 5) is 9.98. The number of aromatic nitrogens is 2. The summed E-state index contributed by atoms with van der Waals surface area (Å²) >= 11 is 13.8. The topological polar surface area (TPSA) is 49.8 Å². The molecule has 4 nitrogen and oxygen atoms in total. The van der Waals surface area contributed by atoms with E-state index in [-0.39, 0.29) is 0 Å². The van der Waals surface area contributed by atoms with Gasteiger partial charge in [-0.3, -0.25) is 0 Å². The molecule has 7 heteroatoms. The van der Waals surface area contributed by atoms with Crippen molar-refractivity contribution in [2.24, 2.45) is 5.92 Å². The molecule has 0 saturated carbocycles. The zero-order valence-electron chi connectivity index (χ0n) is 12.8. The number of anilines is 1. The van der Waals surface area contributed by atoms with Gasteiger partial charge in [-0.25, -0.2) is 9.97 Å². The van der Waals surface area contributed by atoms with E-state index in [0.717, 1.165) is 41.1 Å². The first-order chi connectivity index (χ1) is 11.1. The number of aryl methyl sites for hydroxylation is 1. The Morgan fingerprint density at radius 2 is 2.26 bits per heavy atom. The van der Waals surface area contributed by atoms with Crippen LogP contribution in [-0.2, 0) is 0 Å². The first-order valence-electron chi connectivity index (χ1n) is 7.53. The van der Waals surface area contributed by atoms with Crippen LogP contribution in [0.1, 0.15) is 12.1 Å². The molecular weight excluding hydrogens is 351 g/mol. The van der Waals surface area contributed by atoms with Crippen molar-refractivity contribution in [2.45, 2.75) is 23.3 Å². The van der Waals surface area contributed by atoms with Crippen molar-refractivity contribution in [3.63, 3.8) is 0 Å². The van der Waals surface area contributed by atoms with E-state index in [2.05, 4.69) is 20.6 Å². The molecular formula is C16H18Cl2N4S. The number of nitrogens with one attached hydrogen (secondary N) is 2. The van der Waals surface area contributed by atoms with E-state index < -0.39 is 0 Å². The van der Waals surface area contributed by atoms with Crippen molar-refractivity contribution in [3.05, 3.63) is 40.1 Å². The molecule has 0 bridgehead atoms. The van der Waals surface area contributed by atoms with Crippen molar-refractivity contribution in [1.29, 1.82) is 0 Å². The fraction of sp³-hybridized carbons (Fsp3) is 0.375. The van der Waals surface area contributed by atoms with Crippen LogP contribution in [-0.4, -0.2) is 29.6 Å². The predicted octanol–water partition coefficient (Wildman–Crippen LogP) is 4.26. The molecule has 0 radical (unpaired) electrons. The van der Waals surface area contributed by atoms with E-state index in [4.69, 9.17) is 23.2 Å². The lowest BCUT2D eigenvalue weighted by Gasteiger charge is -2.14. The van der Waals surface area contributed by atoms with Crippen molar-refractivity contribution in [1.82, 2.24) is 15.3 Å². The second-order valence-corrected chi connectivity index (χ2v) is 7.37. The van der Waals surface area contributed by atoms with Gasteiger partial charge in [-0.05, 0) is 44.5 Å². The monoisotopic (exact) mass is 368 g/mol. The molecule has 2 N–H and O–H groups in total. The molecule has 2 heterocycles. The Kier molecular flexibility index (Phi) is 5.64. The highest BCUT2D eigenvalue weighted by molar-refractivity contribution is 7.99. The van der Waals surface area contributed by atoms with E-state index in [1.807, 2.05) is 19.1 Å². The smallest absolute Gasteiger partial charge is 0.159 e. The molecule has 0 aliphatic carbocycles. The van der Waals surface area contributed by atoms with E-state index in [9.17, 15) is 0 Å². The first-order valence-corrected chi connectivity index (χ1v) is 9.11. The molecule has 0 amide bonds. The van der Waals surface area contributed by atoms with Gasteiger partial charge in [0, 0.05) is 17.6 Å². The normalized spacial score (nSPS) is 17.4. The van der Waals surface area contributed by atoms with E-state index in [0.29, 0.717) is 16.0 Å². The standard InChI is InChI=1S/C16H18Cl2N4S/c1-10-7-21-16(23-13-4-2-3-12(17)14(13)18)15(22-10)20-9-11-5-6-19-8-11/h2-4,7,11,19H,5-6,8-9H2,1H3,(H,20,22). The lowest BCUT2D eigenvalue weighted by molar-refractivity contribution is 0.612. The van der Waals surface area contributed by atoms with Gasteiger partial charge in [0.15, 0.2) is 5.82 Å². The predicted molar refractivity (Wildman–Crippen MR) is 96.8 cm³/mol. The minimum Gasteiger partial charge on any atom is -0.367 e. The van der Waals surface area contributed by atoms with Crippen LogP contribution in [0.4, 0.5) is 5.82 Å². The molecule has 1 aliphatic rings. The van der Waals surface area contributed by atoms with Crippen molar-refractivity contribution >= 4 is 40.8 Å². The zero-order chi connectivity index (χ0) is 16.2. The van der Waals surface area contributed by atoms with Gasteiger partial charge in [0.2, 0.25) is 0 Å². The van der Waals surface area contributed by atoms with Crippen LogP contribution in [0.5, 0.6) is 0 Å². The summed E-state index contributed by atoms with van der Waals surface area (Å²) in [5.41, 5.74) is 0.888. The van der Waals surface area contributed by atoms with Crippen LogP contribution in [0.25, 0.3) is 0 Å². The van der Waals surface area contributed by atoms with Gasteiger partial charge in [0.25, 0.3) is 0 Å². The average molecular weight is 369 g/mol. The Hall–Kier alpha value is -1.01. The van der Waals surface area contributed by atoms with Crippen molar-refractivity contribution in [3.8, 4) is 0 Å². The van der Waals surface area contributed by atoms with Crippen LogP contribution < -0.4 is 10.6 Å². The highest BCUT2D eigenvalue weighted by Gasteiger charge is 2.16. The Morgan fingerprint density at radius 3 is 3.04 bits per heavy atom. The SMILES string of the molecule is Cc1cnc(Sc2cccc(Cl)c2Cl)c(NCC2CCNC2)n1. The Labute approximate surface area is 150 Å². The molecule has 0 spiro atoms. The summed E-state index contributed by atoms with van der Waals surface area (Å²) in [5.74, 6) is 1.43. The quantitative estimate of drug-likeness (QED) is 0.825. The number of hydrogen-bond acceptors (Lipinski definition) is 5. The largest absolute Gasteiger partial charge is 0.367 e. The number of halogens is 2. The molecule has 122 valence electrons. The molecule has 2 aromatic rings. The third kappa shape index (κ3) is 4.29. The van der Waals surface area contributed by atoms with E-state index in [1.165, 1.54) is 18.2 Å². The summed E-state index contributed by atoms with van der Waals surface area (Å²) in [6.07, 6.45) is 2.96. The van der Waals surface area contributed by atoms with Crippen LogP contribution >= 0.6 is 35.0 Å². The van der Waals surface area contributed by atoms with Crippen molar-refractivity contribution < 1.29 is 0 Å². The van der Waals surface area contributed by atoms with Gasteiger partial charge in [-0.2, -0.15) is 0 Å². The lowest BCUT2D eigenvalue weighted by atomic mass is 10.1. The van der Waals surface area contributed by atoms with Gasteiger partial charge >= 0.3 is 0 Å². The maximum atomic E-state index is 6.28. The molecule has 1 saturated heterocycles. The highest BCUT2D eigenvalue weighted by Crippen LogP contribution is 2.38. The van der Waals surface area contributed by atoms with E-state index in [1.54, 1.807) is 12.3 Å². The molecule has 1 aliphatic heterocycles. The fourth-order valence-electron chi connectivity index (χ4n) is 2.45. The molecule has 1 aromatic heterocycles. The summed E-state index contributed by atoms with van der Waals surface area (Å²) in [7, 11) is 0. The van der Waals surface area contributed by atoms with Crippen LogP contribution in [0.2, 0.25) is 10.0 Å². The van der Waals surface area contributed by atoms with E-state index >= 15 is 0 Å². The molecule has 1 unspecified atom stereocenters. The third-order valence-corrected chi connectivity index (χ3v) is 5.69. The summed E-state index contributed by atoms with van der Waals surface area (Å²) in [5, 5.41) is 8.72. The van der Waals surface area contributed by atoms with Gasteiger partial charge in [0.1, 0.15) is 5.03 Å². The summed E-state index contributed by atoms with van der Waals surface area (Å²) in [6, 6.07) is 5.60. The van der Waals surface area contributed by atoms with Gasteiger partial charge in [-0.1, -0.05) is 41.0 Å². The number of benzene rings is 1. The number of nitrogens with zero attached hydrogens (tertiary/aromatic N) is 2. The second kappa shape index (κ2) is 7.71. The molecule has 1 atom stereocenters. The molecule has 1 fully saturated rings. The zero-order valence-corrected chi connectivity index (χ0v) is 15.1. The summed E-state index contributed by atoms with van der Waals surface area (Å²) < 4.78 is 0. The number of hydrogen-bond donors (Lipinski definition) is 2. The average Bonchev–Trinajstić information content (AvgIpc) is 3.05. The summed E-state index contributed by atoms with van der Waals surface area (Å²) in [6.45, 7) is 4.97. The Balaban J connectivity index is 1.79. The first kappa shape index (κ1) is 16.8. The van der Waals surface area contributed by atoms with Crippen LogP contribution in [0, 0.1) is 12.8 Å². The second-order valence-electron chi connectivity index (χ2n) is 5.56. The Bertz CT molecular complexity index is 690. The Morgan fingerprint density at radius 1 is 1.39 bits per heavy atom. The van der Waals surface area contributed by atoms with Crippen molar-refractivity contribution in [2.75, 3.05) is 25.0 Å². The van der Waals surface area contributed by atoms with Crippen LogP contribution in [0.15, 0.2) is 34.3 Å². The third-order valence-electron chi connectivity index (χ3n) is 3.70. The maximum Gasteiger partial charge on any atom is 0.159 e.